The molecule has 0 aliphatic heterocycles. The molecule has 2 aromatic rings. The molecule has 0 saturated heterocycles. The lowest BCUT2D eigenvalue weighted by molar-refractivity contribution is 0.881. The van der Waals surface area contributed by atoms with Gasteiger partial charge in [-0.1, -0.05) is 6.92 Å². The van der Waals surface area contributed by atoms with Crippen LogP contribution < -0.4 is 6.15 Å². The number of hydrogen-bond donors (Lipinski definition) is 2. The van der Waals surface area contributed by atoms with E-state index in [-0.39, 0.29) is 6.15 Å². The molecule has 76 valence electrons. The number of rotatable bonds is 2. The first kappa shape index (κ1) is 11.3. The second-order valence-electron chi connectivity index (χ2n) is 2.48. The molecular weight excluding hydrogens is 266 g/mol. The Morgan fingerprint density at radius 1 is 1.57 bits per heavy atom. The van der Waals surface area contributed by atoms with Crippen molar-refractivity contribution in [3.8, 4) is 10.7 Å². The summed E-state index contributed by atoms with van der Waals surface area (Å²) >= 11 is 5.11. The predicted molar refractivity (Wildman–Crippen MR) is 59.6 cm³/mol. The number of thiophene rings is 1. The smallest absolute Gasteiger partial charge is 0.214 e. The summed E-state index contributed by atoms with van der Waals surface area (Å²) in [7, 11) is 0. The Hall–Kier alpha value is -0.790. The predicted octanol–water partition coefficient (Wildman–Crippen LogP) is 2.42. The van der Waals surface area contributed by atoms with E-state index >= 15 is 0 Å². The van der Waals surface area contributed by atoms with Crippen molar-refractivity contribution in [1.29, 1.82) is 0 Å². The van der Waals surface area contributed by atoms with Crippen LogP contribution in [0.25, 0.3) is 10.7 Å². The molecule has 0 aromatic carbocycles. The molecule has 2 aromatic heterocycles. The molecule has 0 spiro atoms. The number of H-pyrrole nitrogens is 1. The number of hydrogen-bond acceptors (Lipinski definition) is 5. The van der Waals surface area contributed by atoms with Gasteiger partial charge in [-0.15, -0.1) is 21.5 Å². The molecule has 0 aliphatic carbocycles. The van der Waals surface area contributed by atoms with Crippen molar-refractivity contribution in [2.45, 2.75) is 13.3 Å². The van der Waals surface area contributed by atoms with Gasteiger partial charge >= 0.3 is 0 Å². The van der Waals surface area contributed by atoms with Gasteiger partial charge < -0.3 is 6.15 Å². The van der Waals surface area contributed by atoms with Crippen molar-refractivity contribution in [1.82, 2.24) is 26.8 Å². The molecule has 0 bridgehead atoms. The largest absolute Gasteiger partial charge is 0.344 e. The Labute approximate surface area is 93.6 Å². The Kier molecular flexibility index (Phi) is 3.73. The highest BCUT2D eigenvalue weighted by Crippen LogP contribution is 2.33. The summed E-state index contributed by atoms with van der Waals surface area (Å²) in [5, 5.41) is 15.9. The summed E-state index contributed by atoms with van der Waals surface area (Å²) in [6.07, 6.45) is 0.966. The average molecular weight is 276 g/mol. The molecule has 0 unspecified atom stereocenters. The number of tetrazole rings is 1. The van der Waals surface area contributed by atoms with Crippen molar-refractivity contribution in [2.75, 3.05) is 0 Å². The highest BCUT2D eigenvalue weighted by atomic mass is 79.9. The normalized spacial score (nSPS) is 9.86. The number of halogens is 1. The highest BCUT2D eigenvalue weighted by molar-refractivity contribution is 9.10. The minimum atomic E-state index is 0. The van der Waals surface area contributed by atoms with Crippen LogP contribution in [0.2, 0.25) is 0 Å². The van der Waals surface area contributed by atoms with Crippen LogP contribution in [0.15, 0.2) is 9.85 Å². The zero-order chi connectivity index (χ0) is 9.26. The maximum Gasteiger partial charge on any atom is 0.214 e. The first-order valence-electron chi connectivity index (χ1n) is 3.82. The summed E-state index contributed by atoms with van der Waals surface area (Å²) in [5.74, 6) is 0.674. The van der Waals surface area contributed by atoms with Gasteiger partial charge in [0.2, 0.25) is 5.82 Å². The number of nitrogens with one attached hydrogen (secondary N) is 1. The lowest BCUT2D eigenvalue weighted by Crippen LogP contribution is -1.84. The third-order valence-corrected chi connectivity index (χ3v) is 3.77. The summed E-state index contributed by atoms with van der Waals surface area (Å²) in [5.41, 5.74) is 1.24. The van der Waals surface area contributed by atoms with Crippen molar-refractivity contribution >= 4 is 27.3 Å². The Bertz CT molecular complexity index is 396. The Morgan fingerprint density at radius 2 is 2.36 bits per heavy atom. The van der Waals surface area contributed by atoms with Gasteiger partial charge in [-0.2, -0.15) is 5.21 Å². The van der Waals surface area contributed by atoms with Crippen LogP contribution in [0.4, 0.5) is 0 Å². The van der Waals surface area contributed by atoms with Crippen molar-refractivity contribution < 1.29 is 0 Å². The lowest BCUT2D eigenvalue weighted by Gasteiger charge is -1.95. The quantitative estimate of drug-likeness (QED) is 0.881. The van der Waals surface area contributed by atoms with Gasteiger partial charge in [0.05, 0.1) is 4.88 Å². The molecule has 5 nitrogen and oxygen atoms in total. The SMILES string of the molecule is CCc1c(Br)csc1-c1nn[nH]n1.N. The minimum Gasteiger partial charge on any atom is -0.344 e. The van der Waals surface area contributed by atoms with Crippen LogP contribution in [0.3, 0.4) is 0 Å². The van der Waals surface area contributed by atoms with Crippen molar-refractivity contribution in [3.05, 3.63) is 15.4 Å². The molecular formula is C7H10BrN5S. The van der Waals surface area contributed by atoms with Crippen LogP contribution in [-0.2, 0) is 6.42 Å². The zero-order valence-electron chi connectivity index (χ0n) is 7.62. The Balaban J connectivity index is 0.000000980. The third-order valence-electron chi connectivity index (χ3n) is 1.74. The zero-order valence-corrected chi connectivity index (χ0v) is 10.0. The topological polar surface area (TPSA) is 89.5 Å². The number of aromatic amines is 1. The van der Waals surface area contributed by atoms with E-state index < -0.39 is 0 Å². The number of nitrogens with zero attached hydrogens (tertiary/aromatic N) is 3. The van der Waals surface area contributed by atoms with Gasteiger partial charge in [-0.05, 0) is 33.1 Å². The number of aromatic nitrogens is 4. The van der Waals surface area contributed by atoms with E-state index in [0.717, 1.165) is 15.8 Å². The fourth-order valence-corrected chi connectivity index (χ4v) is 2.98. The van der Waals surface area contributed by atoms with E-state index in [4.69, 9.17) is 0 Å². The molecule has 0 fully saturated rings. The Morgan fingerprint density at radius 3 is 2.93 bits per heavy atom. The molecule has 0 atom stereocenters. The standard InChI is InChI=1S/C7H7BrN4S.H3N/c1-2-4-5(8)3-13-6(4)7-9-11-12-10-7;/h3H,2H2,1H3,(H,9,10,11,12);1H3. The second kappa shape index (κ2) is 4.63. The molecule has 14 heavy (non-hydrogen) atoms. The van der Waals surface area contributed by atoms with E-state index in [0.29, 0.717) is 5.82 Å². The van der Waals surface area contributed by atoms with E-state index in [1.165, 1.54) is 5.56 Å². The van der Waals surface area contributed by atoms with Gasteiger partial charge in [0.25, 0.3) is 0 Å². The van der Waals surface area contributed by atoms with E-state index in [1.807, 2.05) is 5.38 Å². The fraction of sp³-hybridized carbons (Fsp3) is 0.286. The van der Waals surface area contributed by atoms with Crippen molar-refractivity contribution in [2.24, 2.45) is 0 Å². The summed E-state index contributed by atoms with van der Waals surface area (Å²) < 4.78 is 1.12. The lowest BCUT2D eigenvalue weighted by atomic mass is 10.2. The summed E-state index contributed by atoms with van der Waals surface area (Å²) in [6, 6.07) is 0. The van der Waals surface area contributed by atoms with Gasteiger partial charge in [-0.25, -0.2) is 0 Å². The molecule has 4 N–H and O–H groups in total. The molecule has 0 saturated carbocycles. The van der Waals surface area contributed by atoms with Gasteiger partial charge in [0, 0.05) is 9.85 Å². The van der Waals surface area contributed by atoms with Crippen LogP contribution in [0.5, 0.6) is 0 Å². The van der Waals surface area contributed by atoms with Crippen LogP contribution in [-0.4, -0.2) is 20.6 Å². The molecule has 0 amide bonds. The van der Waals surface area contributed by atoms with E-state index in [1.54, 1.807) is 11.3 Å². The monoisotopic (exact) mass is 275 g/mol. The first-order valence-corrected chi connectivity index (χ1v) is 5.50. The summed E-state index contributed by atoms with van der Waals surface area (Å²) in [4.78, 5) is 1.09. The summed E-state index contributed by atoms with van der Waals surface area (Å²) in [6.45, 7) is 2.11. The maximum absolute atomic E-state index is 3.95. The molecule has 7 heteroatoms. The van der Waals surface area contributed by atoms with Gasteiger partial charge in [-0.3, -0.25) is 0 Å². The van der Waals surface area contributed by atoms with Gasteiger partial charge in [0.15, 0.2) is 0 Å². The fourth-order valence-electron chi connectivity index (χ4n) is 1.14. The molecule has 0 aliphatic rings. The first-order chi connectivity index (χ1) is 6.33. The molecule has 2 rings (SSSR count). The molecule has 2 heterocycles. The van der Waals surface area contributed by atoms with E-state index in [2.05, 4.69) is 43.5 Å². The van der Waals surface area contributed by atoms with Crippen molar-refractivity contribution in [3.63, 3.8) is 0 Å². The minimum absolute atomic E-state index is 0. The van der Waals surface area contributed by atoms with Gasteiger partial charge in [0.1, 0.15) is 0 Å². The van der Waals surface area contributed by atoms with Crippen LogP contribution in [0, 0.1) is 0 Å². The highest BCUT2D eigenvalue weighted by Gasteiger charge is 2.12. The van der Waals surface area contributed by atoms with Crippen LogP contribution in [0.1, 0.15) is 12.5 Å². The average Bonchev–Trinajstić information content (AvgIpc) is 2.71. The maximum atomic E-state index is 3.95. The van der Waals surface area contributed by atoms with E-state index in [9.17, 15) is 0 Å². The molecule has 0 radical (unpaired) electrons. The second-order valence-corrected chi connectivity index (χ2v) is 4.21. The van der Waals surface area contributed by atoms with Crippen LogP contribution >= 0.6 is 27.3 Å². The third kappa shape index (κ3) is 1.84.